The average Bonchev–Trinajstić information content (AvgIpc) is 2.26. The number of hydrogen-bond donors (Lipinski definition) is 0. The van der Waals surface area contributed by atoms with Crippen molar-refractivity contribution in [2.45, 2.75) is 27.7 Å². The largest absolute Gasteiger partial charge is 0.697 e. The van der Waals surface area contributed by atoms with Crippen LogP contribution in [0.4, 0.5) is 11.4 Å². The summed E-state index contributed by atoms with van der Waals surface area (Å²) in [6.07, 6.45) is 0. The van der Waals surface area contributed by atoms with Crippen LogP contribution in [0, 0.1) is 27.7 Å². The van der Waals surface area contributed by atoms with Crippen molar-refractivity contribution < 1.29 is 131 Å². The summed E-state index contributed by atoms with van der Waals surface area (Å²) in [5, 5.41) is 0. The van der Waals surface area contributed by atoms with E-state index in [2.05, 4.69) is 9.97 Å². The van der Waals surface area contributed by atoms with Crippen LogP contribution in [0.3, 0.4) is 0 Å². The van der Waals surface area contributed by atoms with Crippen molar-refractivity contribution in [1.82, 2.24) is 9.97 Å². The minimum Gasteiger partial charge on any atom is -0.697 e. The minimum atomic E-state index is 0. The van der Waals surface area contributed by atoms with Gasteiger partial charge in [-0.1, -0.05) is 11.1 Å². The second-order valence-electron chi connectivity index (χ2n) is 4.09. The van der Waals surface area contributed by atoms with E-state index in [0.29, 0.717) is 22.4 Å². The molecule has 20 heavy (non-hydrogen) atoms. The van der Waals surface area contributed by atoms with Crippen molar-refractivity contribution in [2.24, 2.45) is 0 Å². The molecule has 4 nitrogen and oxygen atoms in total. The molecule has 0 amide bonds. The summed E-state index contributed by atoms with van der Waals surface area (Å²) in [7, 11) is 0. The van der Waals surface area contributed by atoms with E-state index in [0.717, 1.165) is 22.5 Å². The number of rotatable bonds is 0. The normalized spacial score (nSPS) is 8.80. The summed E-state index contributed by atoms with van der Waals surface area (Å²) < 4.78 is 0. The molecule has 1 aromatic carbocycles. The third-order valence-corrected chi connectivity index (χ3v) is 3.09. The SMILES string of the molecule is Cc1nc2c([NH-])c(C)c(C)c([NH-])c2nc1C.[Y].[Y].[Y].[Y]. The zero-order valence-electron chi connectivity index (χ0n) is 12.2. The Bertz CT molecular complexity index is 550. The summed E-state index contributed by atoms with van der Waals surface area (Å²) in [6, 6.07) is 0. The van der Waals surface area contributed by atoms with Crippen LogP contribution in [0.2, 0.25) is 0 Å². The molecule has 1 heterocycles. The van der Waals surface area contributed by atoms with Gasteiger partial charge in [-0.15, -0.1) is 11.4 Å². The van der Waals surface area contributed by atoms with Gasteiger partial charge in [-0.3, -0.25) is 9.97 Å². The van der Waals surface area contributed by atoms with Crippen molar-refractivity contribution in [2.75, 3.05) is 0 Å². The number of hydrogen-bond acceptors (Lipinski definition) is 2. The van der Waals surface area contributed by atoms with Crippen LogP contribution < -0.4 is 0 Å². The predicted molar refractivity (Wildman–Crippen MR) is 66.4 cm³/mol. The molecular formula is C12H14N4Y4-2. The van der Waals surface area contributed by atoms with Gasteiger partial charge >= 0.3 is 0 Å². The van der Waals surface area contributed by atoms with E-state index in [9.17, 15) is 0 Å². The first-order chi connectivity index (χ1) is 7.43. The molecule has 1 aromatic heterocycles. The molecule has 0 spiro atoms. The molecule has 2 N–H and O–H groups in total. The zero-order valence-corrected chi connectivity index (χ0v) is 23.6. The number of fused-ring (bicyclic) bond motifs is 1. The molecule has 96 valence electrons. The fraction of sp³-hybridized carbons (Fsp3) is 0.333. The standard InChI is InChI=1S/C12H14N4.4Y/c1-5-6(2)10(14)12-11(9(5)13)15-7(3)8(4)16-12;;;;/h13-14H,1-4H3;;;;/q-2;;;;. The third-order valence-electron chi connectivity index (χ3n) is 3.09. The first-order valence-corrected chi connectivity index (χ1v) is 5.14. The number of aryl methyl sites for hydroxylation is 2. The Morgan fingerprint density at radius 2 is 0.850 bits per heavy atom. The van der Waals surface area contributed by atoms with E-state index in [4.69, 9.17) is 11.5 Å². The van der Waals surface area contributed by atoms with Gasteiger partial charge in [-0.2, -0.15) is 0 Å². The molecule has 0 atom stereocenters. The van der Waals surface area contributed by atoms with E-state index in [1.165, 1.54) is 0 Å². The molecule has 0 aliphatic rings. The Morgan fingerprint density at radius 1 is 0.600 bits per heavy atom. The molecule has 0 aliphatic carbocycles. The van der Waals surface area contributed by atoms with Crippen molar-refractivity contribution in [3.63, 3.8) is 0 Å². The maximum Gasteiger partial charge on any atom is 0.0729 e. The van der Waals surface area contributed by atoms with E-state index in [1.54, 1.807) is 0 Å². The fourth-order valence-corrected chi connectivity index (χ4v) is 1.68. The van der Waals surface area contributed by atoms with Gasteiger partial charge in [0.25, 0.3) is 0 Å². The summed E-state index contributed by atoms with van der Waals surface area (Å²) >= 11 is 0. The monoisotopic (exact) mass is 570 g/mol. The van der Waals surface area contributed by atoms with E-state index >= 15 is 0 Å². The quantitative estimate of drug-likeness (QED) is 0.477. The maximum absolute atomic E-state index is 8.01. The predicted octanol–water partition coefficient (Wildman–Crippen LogP) is 4.22. The van der Waals surface area contributed by atoms with Crippen LogP contribution in [0.5, 0.6) is 0 Å². The molecule has 8 heteroatoms. The second kappa shape index (κ2) is 11.2. The Morgan fingerprint density at radius 3 is 1.10 bits per heavy atom. The zero-order chi connectivity index (χ0) is 12.0. The average molecular weight is 570 g/mol. The molecular weight excluding hydrogens is 556 g/mol. The van der Waals surface area contributed by atoms with Crippen LogP contribution in [0.25, 0.3) is 22.5 Å². The van der Waals surface area contributed by atoms with Crippen molar-refractivity contribution in [1.29, 1.82) is 0 Å². The van der Waals surface area contributed by atoms with Gasteiger partial charge in [0.15, 0.2) is 0 Å². The van der Waals surface area contributed by atoms with Crippen LogP contribution in [0.1, 0.15) is 22.5 Å². The van der Waals surface area contributed by atoms with Gasteiger partial charge in [-0.05, 0) is 27.7 Å². The third kappa shape index (κ3) is 5.30. The van der Waals surface area contributed by atoms with Gasteiger partial charge in [0.1, 0.15) is 0 Å². The minimum absolute atomic E-state index is 0. The number of aromatic nitrogens is 2. The Balaban J connectivity index is -0.000000722. The summed E-state index contributed by atoms with van der Waals surface area (Å²) in [5.41, 5.74) is 21.1. The molecule has 0 fully saturated rings. The number of nitrogens with one attached hydrogen (secondary N) is 2. The summed E-state index contributed by atoms with van der Waals surface area (Å²) in [6.45, 7) is 7.46. The molecule has 2 rings (SSSR count). The van der Waals surface area contributed by atoms with Gasteiger partial charge in [0.05, 0.1) is 22.4 Å². The van der Waals surface area contributed by atoms with Crippen LogP contribution in [-0.2, 0) is 131 Å². The number of benzene rings is 1. The van der Waals surface area contributed by atoms with Crippen LogP contribution in [0.15, 0.2) is 0 Å². The first-order valence-electron chi connectivity index (χ1n) is 5.14. The molecule has 0 bridgehead atoms. The molecule has 0 unspecified atom stereocenters. The van der Waals surface area contributed by atoms with Gasteiger partial charge in [0.2, 0.25) is 0 Å². The molecule has 2 aromatic rings. The smallest absolute Gasteiger partial charge is 0.0729 e. The van der Waals surface area contributed by atoms with E-state index in [-0.39, 0.29) is 131 Å². The first kappa shape index (κ1) is 27.4. The second-order valence-corrected chi connectivity index (χ2v) is 4.09. The Kier molecular flexibility index (Phi) is 15.3. The van der Waals surface area contributed by atoms with Gasteiger partial charge < -0.3 is 11.5 Å². The molecule has 0 saturated heterocycles. The van der Waals surface area contributed by atoms with E-state index in [1.807, 2.05) is 27.7 Å². The van der Waals surface area contributed by atoms with Gasteiger partial charge in [-0.25, -0.2) is 0 Å². The van der Waals surface area contributed by atoms with Crippen LogP contribution in [-0.4, -0.2) is 9.97 Å². The molecule has 4 radical (unpaired) electrons. The topological polar surface area (TPSA) is 73.4 Å². The summed E-state index contributed by atoms with van der Waals surface area (Å²) in [5.74, 6) is 0. The van der Waals surface area contributed by atoms with Gasteiger partial charge in [0, 0.05) is 131 Å². The molecule has 0 aliphatic heterocycles. The molecule has 0 saturated carbocycles. The van der Waals surface area contributed by atoms with E-state index < -0.39 is 0 Å². The van der Waals surface area contributed by atoms with Crippen molar-refractivity contribution in [3.8, 4) is 0 Å². The van der Waals surface area contributed by atoms with Crippen LogP contribution >= 0.6 is 0 Å². The maximum atomic E-state index is 8.01. The fourth-order valence-electron chi connectivity index (χ4n) is 1.68. The van der Waals surface area contributed by atoms with Crippen molar-refractivity contribution >= 4 is 22.4 Å². The summed E-state index contributed by atoms with van der Waals surface area (Å²) in [4.78, 5) is 8.74. The number of nitrogens with zero attached hydrogens (tertiary/aromatic N) is 2. The van der Waals surface area contributed by atoms with Crippen molar-refractivity contribution in [3.05, 3.63) is 34.0 Å². The Labute approximate surface area is 220 Å². The Hall–Kier alpha value is 2.58.